The molecule has 6 unspecified atom stereocenters. The Kier molecular flexibility index (Phi) is 4.42. The maximum Gasteiger partial charge on any atom is 0.260 e. The number of nitrogens with zero attached hydrogens (tertiary/aromatic N) is 2. The summed E-state index contributed by atoms with van der Waals surface area (Å²) in [6.45, 7) is 5.80. The van der Waals surface area contributed by atoms with Gasteiger partial charge in [-0.2, -0.15) is 0 Å². The van der Waals surface area contributed by atoms with Gasteiger partial charge in [-0.3, -0.25) is 24.2 Å². The highest BCUT2D eigenvalue weighted by Gasteiger charge is 2.67. The van der Waals surface area contributed by atoms with E-state index in [4.69, 9.17) is 0 Å². The molecule has 7 rings (SSSR count). The summed E-state index contributed by atoms with van der Waals surface area (Å²) in [6, 6.07) is 13.4. The number of carbonyl (C=O) groups excluding carboxylic acids is 3. The highest BCUT2D eigenvalue weighted by molar-refractivity contribution is 6.10. The molecule has 2 aromatic rings. The number of benzene rings is 2. The molecule has 2 bridgehead atoms. The van der Waals surface area contributed by atoms with Crippen molar-refractivity contribution in [2.75, 3.05) is 11.6 Å². The van der Waals surface area contributed by atoms with Crippen molar-refractivity contribution in [1.82, 2.24) is 4.90 Å². The lowest BCUT2D eigenvalue weighted by molar-refractivity contribution is -0.140. The van der Waals surface area contributed by atoms with Gasteiger partial charge in [-0.05, 0) is 79.7 Å². The predicted octanol–water partition coefficient (Wildman–Crippen LogP) is 4.27. The van der Waals surface area contributed by atoms with Gasteiger partial charge >= 0.3 is 0 Å². The van der Waals surface area contributed by atoms with Crippen molar-refractivity contribution in [2.24, 2.45) is 35.5 Å². The molecule has 2 aromatic carbocycles. The summed E-state index contributed by atoms with van der Waals surface area (Å²) >= 11 is 0. The number of carbonyl (C=O) groups is 3. The molecule has 4 aliphatic carbocycles. The SMILES string of the molecule is Cc1ccc(C)c(N(CN2C(=O)C3C4C=CC(C5CC45)C3C2=O)C(=O)c2ccccc2C)c1. The van der Waals surface area contributed by atoms with Gasteiger partial charge in [-0.1, -0.05) is 42.5 Å². The molecule has 0 radical (unpaired) electrons. The molecule has 33 heavy (non-hydrogen) atoms. The zero-order valence-corrected chi connectivity index (χ0v) is 19.2. The lowest BCUT2D eigenvalue weighted by atomic mass is 9.63. The van der Waals surface area contributed by atoms with E-state index in [9.17, 15) is 14.4 Å². The smallest absolute Gasteiger partial charge is 0.260 e. The summed E-state index contributed by atoms with van der Waals surface area (Å²) in [6.07, 6.45) is 5.49. The molecule has 1 saturated heterocycles. The van der Waals surface area contributed by atoms with Crippen molar-refractivity contribution in [3.63, 3.8) is 0 Å². The Labute approximate surface area is 194 Å². The zero-order chi connectivity index (χ0) is 23.0. The predicted molar refractivity (Wildman–Crippen MR) is 125 cm³/mol. The normalized spacial score (nSPS) is 30.9. The third kappa shape index (κ3) is 2.94. The zero-order valence-electron chi connectivity index (χ0n) is 19.2. The van der Waals surface area contributed by atoms with E-state index in [1.165, 1.54) is 4.90 Å². The summed E-state index contributed by atoms with van der Waals surface area (Å²) in [5.74, 6) is 0.533. The maximum absolute atomic E-state index is 13.8. The van der Waals surface area contributed by atoms with Crippen LogP contribution in [0.5, 0.6) is 0 Å². The first kappa shape index (κ1) is 20.4. The molecule has 168 valence electrons. The highest BCUT2D eigenvalue weighted by Crippen LogP contribution is 2.65. The number of likely N-dealkylation sites (tertiary alicyclic amines) is 1. The standard InChI is InChI=1S/C28H28N2O3/c1-15-8-9-17(3)23(12-15)29(26(31)18-7-5-4-6-16(18)2)14-30-27(32)24-19-10-11-20(22-13-21(19)22)25(24)28(30)33/h4-12,19-22,24-25H,13-14H2,1-3H3. The molecule has 2 saturated carbocycles. The van der Waals surface area contributed by atoms with Crippen LogP contribution in [0.1, 0.15) is 33.5 Å². The number of anilines is 1. The number of amides is 3. The largest absolute Gasteiger partial charge is 0.289 e. The Morgan fingerprint density at radius 2 is 1.55 bits per heavy atom. The van der Waals surface area contributed by atoms with E-state index in [1.807, 2.05) is 57.2 Å². The van der Waals surface area contributed by atoms with Gasteiger partial charge in [0.2, 0.25) is 11.8 Å². The maximum atomic E-state index is 13.8. The van der Waals surface area contributed by atoms with E-state index in [0.29, 0.717) is 17.4 Å². The molecule has 0 spiro atoms. The molecule has 5 aliphatic rings. The van der Waals surface area contributed by atoms with Crippen molar-refractivity contribution in [3.05, 3.63) is 76.9 Å². The summed E-state index contributed by atoms with van der Waals surface area (Å²) in [4.78, 5) is 44.0. The topological polar surface area (TPSA) is 57.7 Å². The average molecular weight is 441 g/mol. The van der Waals surface area contributed by atoms with Gasteiger partial charge in [0.15, 0.2) is 0 Å². The van der Waals surface area contributed by atoms with Crippen LogP contribution >= 0.6 is 0 Å². The summed E-state index contributed by atoms with van der Waals surface area (Å²) < 4.78 is 0. The Balaban J connectivity index is 1.38. The van der Waals surface area contributed by atoms with Crippen molar-refractivity contribution in [1.29, 1.82) is 0 Å². The molecule has 3 fully saturated rings. The van der Waals surface area contributed by atoms with Crippen LogP contribution in [0.25, 0.3) is 0 Å². The lowest BCUT2D eigenvalue weighted by Gasteiger charge is -2.37. The third-order valence-corrected chi connectivity index (χ3v) is 8.31. The number of hydrogen-bond acceptors (Lipinski definition) is 3. The molecule has 1 aliphatic heterocycles. The Hall–Kier alpha value is -3.21. The minimum atomic E-state index is -0.259. The van der Waals surface area contributed by atoms with Crippen LogP contribution in [0, 0.1) is 56.3 Å². The molecular formula is C28H28N2O3. The Morgan fingerprint density at radius 1 is 0.909 bits per heavy atom. The first-order chi connectivity index (χ1) is 15.9. The van der Waals surface area contributed by atoms with Crippen molar-refractivity contribution in [2.45, 2.75) is 27.2 Å². The van der Waals surface area contributed by atoms with Crippen molar-refractivity contribution >= 4 is 23.4 Å². The van der Waals surface area contributed by atoms with Gasteiger partial charge in [0, 0.05) is 11.3 Å². The Bertz CT molecular complexity index is 1200. The van der Waals surface area contributed by atoms with Gasteiger partial charge in [0.05, 0.1) is 11.8 Å². The van der Waals surface area contributed by atoms with Gasteiger partial charge in [-0.15, -0.1) is 0 Å². The van der Waals surface area contributed by atoms with Crippen LogP contribution < -0.4 is 4.90 Å². The second-order valence-corrected chi connectivity index (χ2v) is 10.2. The van der Waals surface area contributed by atoms with Gasteiger partial charge in [-0.25, -0.2) is 0 Å². The summed E-state index contributed by atoms with van der Waals surface area (Å²) in [7, 11) is 0. The average Bonchev–Trinajstić information content (AvgIpc) is 3.59. The number of allylic oxidation sites excluding steroid dienone is 2. The van der Waals surface area contributed by atoms with Gasteiger partial charge in [0.25, 0.3) is 5.91 Å². The monoisotopic (exact) mass is 440 g/mol. The van der Waals surface area contributed by atoms with E-state index in [0.717, 1.165) is 28.8 Å². The third-order valence-electron chi connectivity index (χ3n) is 8.31. The number of rotatable bonds is 4. The number of imide groups is 1. The van der Waals surface area contributed by atoms with Crippen molar-refractivity contribution in [3.8, 4) is 0 Å². The van der Waals surface area contributed by atoms with Gasteiger partial charge in [0.1, 0.15) is 6.67 Å². The van der Waals surface area contributed by atoms with E-state index >= 15 is 0 Å². The first-order valence-electron chi connectivity index (χ1n) is 11.8. The van der Waals surface area contributed by atoms with E-state index in [-0.39, 0.29) is 48.1 Å². The fourth-order valence-electron chi connectivity index (χ4n) is 6.52. The molecule has 1 heterocycles. The van der Waals surface area contributed by atoms with Crippen LogP contribution in [-0.4, -0.2) is 29.3 Å². The summed E-state index contributed by atoms with van der Waals surface area (Å²) in [5.41, 5.74) is 4.14. The van der Waals surface area contributed by atoms with Crippen molar-refractivity contribution < 1.29 is 14.4 Å². The molecular weight excluding hydrogens is 412 g/mol. The molecule has 6 atom stereocenters. The molecule has 3 amide bonds. The second-order valence-electron chi connectivity index (χ2n) is 10.2. The molecule has 5 heteroatoms. The minimum Gasteiger partial charge on any atom is -0.289 e. The summed E-state index contributed by atoms with van der Waals surface area (Å²) in [5, 5.41) is 0. The second kappa shape index (κ2) is 7.14. The molecule has 5 nitrogen and oxygen atoms in total. The van der Waals surface area contributed by atoms with Crippen LogP contribution in [0.2, 0.25) is 0 Å². The van der Waals surface area contributed by atoms with Crippen LogP contribution in [-0.2, 0) is 9.59 Å². The minimum absolute atomic E-state index is 0.0447. The van der Waals surface area contributed by atoms with Crippen LogP contribution in [0.15, 0.2) is 54.6 Å². The fraction of sp³-hybridized carbons (Fsp3) is 0.393. The Morgan fingerprint density at radius 3 is 2.18 bits per heavy atom. The number of aryl methyl sites for hydroxylation is 3. The van der Waals surface area contributed by atoms with Crippen LogP contribution in [0.4, 0.5) is 5.69 Å². The molecule has 0 aromatic heterocycles. The quantitative estimate of drug-likeness (QED) is 0.527. The first-order valence-corrected chi connectivity index (χ1v) is 11.8. The number of hydrogen-bond donors (Lipinski definition) is 0. The highest BCUT2D eigenvalue weighted by atomic mass is 16.2. The fourth-order valence-corrected chi connectivity index (χ4v) is 6.52. The van der Waals surface area contributed by atoms with E-state index in [1.54, 1.807) is 11.0 Å². The molecule has 0 N–H and O–H groups in total. The van der Waals surface area contributed by atoms with Gasteiger partial charge < -0.3 is 0 Å². The van der Waals surface area contributed by atoms with Crippen LogP contribution in [0.3, 0.4) is 0 Å². The van der Waals surface area contributed by atoms with E-state index < -0.39 is 0 Å². The lowest BCUT2D eigenvalue weighted by Crippen LogP contribution is -2.45. The van der Waals surface area contributed by atoms with E-state index in [2.05, 4.69) is 12.2 Å².